The number of hydrogen-bond donors (Lipinski definition) is 1. The molecular weight excluding hydrogens is 520 g/mol. The van der Waals surface area contributed by atoms with Crippen molar-refractivity contribution in [3.05, 3.63) is 45.8 Å². The Hall–Kier alpha value is -1.000. The highest BCUT2D eigenvalue weighted by atomic mass is 127. The van der Waals surface area contributed by atoms with Crippen molar-refractivity contribution in [2.24, 2.45) is 12.0 Å². The van der Waals surface area contributed by atoms with Crippen LogP contribution in [0.25, 0.3) is 0 Å². The summed E-state index contributed by atoms with van der Waals surface area (Å²) in [6.07, 6.45) is 3.60. The highest BCUT2D eigenvalue weighted by molar-refractivity contribution is 14.0. The van der Waals surface area contributed by atoms with Crippen molar-refractivity contribution in [3.8, 4) is 5.88 Å². The molecule has 0 radical (unpaired) electrons. The molecule has 9 heteroatoms. The van der Waals surface area contributed by atoms with Crippen molar-refractivity contribution in [1.29, 1.82) is 0 Å². The Kier molecular flexibility index (Phi) is 9.58. The number of aliphatic imine (C=N–C) groups is 1. The van der Waals surface area contributed by atoms with Crippen LogP contribution in [0.4, 0.5) is 0 Å². The largest absolute Gasteiger partial charge is 0.476 e. The van der Waals surface area contributed by atoms with Gasteiger partial charge >= 0.3 is 0 Å². The Morgan fingerprint density at radius 3 is 2.80 bits per heavy atom. The summed E-state index contributed by atoms with van der Waals surface area (Å²) < 4.78 is 8.72. The van der Waals surface area contributed by atoms with E-state index >= 15 is 0 Å². The molecule has 0 aliphatic heterocycles. The Morgan fingerprint density at radius 2 is 2.24 bits per heavy atom. The Balaban J connectivity index is 0.00000312. The molecule has 0 fully saturated rings. The lowest BCUT2D eigenvalue weighted by molar-refractivity contribution is 0.307. The first-order chi connectivity index (χ1) is 11.5. The fraction of sp³-hybridized carbons (Fsp3) is 0.375. The molecule has 1 N–H and O–H groups in total. The lowest BCUT2D eigenvalue weighted by atomic mass is 10.4. The number of pyridine rings is 1. The molecule has 0 atom stereocenters. The molecule has 0 bridgehead atoms. The Bertz CT molecular complexity index is 692. The van der Waals surface area contributed by atoms with Crippen LogP contribution >= 0.6 is 51.5 Å². The molecule has 0 saturated carbocycles. The van der Waals surface area contributed by atoms with Crippen LogP contribution in [0, 0.1) is 0 Å². The molecule has 138 valence electrons. The number of rotatable bonds is 6. The molecule has 0 aliphatic rings. The van der Waals surface area contributed by atoms with Crippen LogP contribution in [0.5, 0.6) is 5.88 Å². The quantitative estimate of drug-likeness (QED) is 0.263. The number of aromatic nitrogens is 2. The van der Waals surface area contributed by atoms with Gasteiger partial charge in [-0.2, -0.15) is 0 Å². The summed E-state index contributed by atoms with van der Waals surface area (Å²) in [7, 11) is 5.79. The van der Waals surface area contributed by atoms with Gasteiger partial charge in [-0.15, -0.1) is 24.0 Å². The van der Waals surface area contributed by atoms with E-state index in [0.717, 1.165) is 17.0 Å². The SMILES string of the molecule is CN=C(NCCOc1ccc(Cl)cn1)N(C)Cc1cc(Br)cn1C.I. The first-order valence-corrected chi connectivity index (χ1v) is 8.63. The fourth-order valence-electron chi connectivity index (χ4n) is 2.19. The van der Waals surface area contributed by atoms with Crippen LogP contribution in [0.1, 0.15) is 5.69 Å². The summed E-state index contributed by atoms with van der Waals surface area (Å²) in [6, 6.07) is 5.59. The molecule has 2 rings (SSSR count). The van der Waals surface area contributed by atoms with Crippen molar-refractivity contribution < 1.29 is 4.74 Å². The molecule has 25 heavy (non-hydrogen) atoms. The molecule has 0 aromatic carbocycles. The zero-order valence-electron chi connectivity index (χ0n) is 14.4. The van der Waals surface area contributed by atoms with E-state index in [1.165, 1.54) is 5.69 Å². The van der Waals surface area contributed by atoms with Crippen LogP contribution in [0.2, 0.25) is 5.02 Å². The zero-order chi connectivity index (χ0) is 17.5. The molecule has 2 aromatic heterocycles. The van der Waals surface area contributed by atoms with Gasteiger partial charge in [0.15, 0.2) is 5.96 Å². The Labute approximate surface area is 178 Å². The van der Waals surface area contributed by atoms with E-state index in [4.69, 9.17) is 16.3 Å². The van der Waals surface area contributed by atoms with Crippen molar-refractivity contribution in [3.63, 3.8) is 0 Å². The number of nitrogens with zero attached hydrogens (tertiary/aromatic N) is 4. The molecule has 0 amide bonds. The molecule has 2 heterocycles. The number of ether oxygens (including phenoxy) is 1. The summed E-state index contributed by atoms with van der Waals surface area (Å²) in [4.78, 5) is 10.4. The number of nitrogens with one attached hydrogen (secondary N) is 1. The number of halogens is 3. The second kappa shape index (κ2) is 10.9. The predicted octanol–water partition coefficient (Wildman–Crippen LogP) is 3.54. The van der Waals surface area contributed by atoms with Crippen molar-refractivity contribution in [2.45, 2.75) is 6.54 Å². The van der Waals surface area contributed by atoms with Crippen LogP contribution in [0.15, 0.2) is 40.1 Å². The van der Waals surface area contributed by atoms with E-state index in [1.807, 2.05) is 20.3 Å². The molecule has 0 spiro atoms. The molecule has 6 nitrogen and oxygen atoms in total. The van der Waals surface area contributed by atoms with Gasteiger partial charge in [0.1, 0.15) is 6.61 Å². The van der Waals surface area contributed by atoms with Gasteiger partial charge in [-0.05, 0) is 28.1 Å². The van der Waals surface area contributed by atoms with Crippen LogP contribution in [-0.2, 0) is 13.6 Å². The summed E-state index contributed by atoms with van der Waals surface area (Å²) in [5.41, 5.74) is 1.19. The lowest BCUT2D eigenvalue weighted by Crippen LogP contribution is -2.40. The second-order valence-corrected chi connectivity index (χ2v) is 6.61. The maximum Gasteiger partial charge on any atom is 0.213 e. The van der Waals surface area contributed by atoms with E-state index in [1.54, 1.807) is 25.4 Å². The molecule has 0 unspecified atom stereocenters. The first kappa shape index (κ1) is 22.0. The van der Waals surface area contributed by atoms with Crippen molar-refractivity contribution >= 4 is 57.5 Å². The smallest absolute Gasteiger partial charge is 0.213 e. The van der Waals surface area contributed by atoms with Gasteiger partial charge in [-0.3, -0.25) is 4.99 Å². The standard InChI is InChI=1S/C16H21BrClN5O.HI/c1-19-16(23(3)11-14-8-12(17)10-22(14)2)20-6-7-24-15-5-4-13(18)9-21-15;/h4-5,8-10H,6-7,11H2,1-3H3,(H,19,20);1H. The van der Waals surface area contributed by atoms with E-state index in [2.05, 4.69) is 46.8 Å². The van der Waals surface area contributed by atoms with Gasteiger partial charge in [0.05, 0.1) is 18.1 Å². The van der Waals surface area contributed by atoms with Gasteiger partial charge in [-0.25, -0.2) is 4.98 Å². The minimum Gasteiger partial charge on any atom is -0.476 e. The summed E-state index contributed by atoms with van der Waals surface area (Å²) in [6.45, 7) is 1.86. The van der Waals surface area contributed by atoms with Crippen molar-refractivity contribution in [2.75, 3.05) is 27.2 Å². The molecule has 0 saturated heterocycles. The minimum atomic E-state index is 0. The van der Waals surface area contributed by atoms with Gasteiger partial charge in [0.2, 0.25) is 5.88 Å². The molecule has 2 aromatic rings. The van der Waals surface area contributed by atoms with E-state index in [9.17, 15) is 0 Å². The highest BCUT2D eigenvalue weighted by Gasteiger charge is 2.09. The zero-order valence-corrected chi connectivity index (χ0v) is 19.0. The Morgan fingerprint density at radius 1 is 1.48 bits per heavy atom. The molecular formula is C16H22BrClIN5O. The van der Waals surface area contributed by atoms with Crippen LogP contribution < -0.4 is 10.1 Å². The van der Waals surface area contributed by atoms with Gasteiger partial charge in [0, 0.05) is 49.8 Å². The average molecular weight is 543 g/mol. The molecule has 0 aliphatic carbocycles. The number of hydrogen-bond acceptors (Lipinski definition) is 3. The topological polar surface area (TPSA) is 54.7 Å². The summed E-state index contributed by atoms with van der Waals surface area (Å²) >= 11 is 9.28. The third-order valence-electron chi connectivity index (χ3n) is 3.38. The highest BCUT2D eigenvalue weighted by Crippen LogP contribution is 2.15. The summed E-state index contributed by atoms with van der Waals surface area (Å²) in [5.74, 6) is 1.36. The van der Waals surface area contributed by atoms with E-state index < -0.39 is 0 Å². The third kappa shape index (κ3) is 7.02. The number of aryl methyl sites for hydroxylation is 1. The number of guanidine groups is 1. The van der Waals surface area contributed by atoms with Gasteiger partial charge in [0.25, 0.3) is 0 Å². The first-order valence-electron chi connectivity index (χ1n) is 7.46. The summed E-state index contributed by atoms with van der Waals surface area (Å²) in [5, 5.41) is 3.87. The van der Waals surface area contributed by atoms with E-state index in [-0.39, 0.29) is 24.0 Å². The van der Waals surface area contributed by atoms with Gasteiger partial charge < -0.3 is 19.5 Å². The van der Waals surface area contributed by atoms with Gasteiger partial charge in [-0.1, -0.05) is 11.6 Å². The maximum absolute atomic E-state index is 5.79. The maximum atomic E-state index is 5.79. The normalized spacial score (nSPS) is 11.0. The average Bonchev–Trinajstić information content (AvgIpc) is 2.86. The second-order valence-electron chi connectivity index (χ2n) is 5.25. The minimum absolute atomic E-state index is 0. The van der Waals surface area contributed by atoms with Crippen molar-refractivity contribution in [1.82, 2.24) is 19.8 Å². The monoisotopic (exact) mass is 541 g/mol. The van der Waals surface area contributed by atoms with Crippen LogP contribution in [-0.4, -0.2) is 47.7 Å². The fourth-order valence-corrected chi connectivity index (χ4v) is 2.88. The van der Waals surface area contributed by atoms with Crippen LogP contribution in [0.3, 0.4) is 0 Å². The third-order valence-corrected chi connectivity index (χ3v) is 4.04. The lowest BCUT2D eigenvalue weighted by Gasteiger charge is -2.22. The van der Waals surface area contributed by atoms with E-state index in [0.29, 0.717) is 24.1 Å². The predicted molar refractivity (Wildman–Crippen MR) is 116 cm³/mol.